The Hall–Kier alpha value is -2.34. The largest absolute Gasteiger partial charge is 0.362 e. The molecule has 0 atom stereocenters. The van der Waals surface area contributed by atoms with Crippen molar-refractivity contribution in [3.8, 4) is 5.69 Å². The first-order valence-electron chi connectivity index (χ1n) is 6.55. The van der Waals surface area contributed by atoms with Crippen molar-refractivity contribution in [1.82, 2.24) is 24.8 Å². The number of aryl methyl sites for hydroxylation is 2. The minimum absolute atomic E-state index is 0.545. The number of nitrogens with zero attached hydrogens (tertiary/aromatic N) is 5. The molecule has 7 heteroatoms. The number of rotatable bonds is 4. The average molecular weight is 303 g/mol. The van der Waals surface area contributed by atoms with Crippen LogP contribution in [-0.2, 0) is 13.6 Å². The summed E-state index contributed by atoms with van der Waals surface area (Å²) >= 11 is 6.22. The molecule has 0 radical (unpaired) electrons. The van der Waals surface area contributed by atoms with Gasteiger partial charge in [-0.25, -0.2) is 4.68 Å². The molecule has 3 aromatic rings. The van der Waals surface area contributed by atoms with E-state index in [-0.39, 0.29) is 0 Å². The van der Waals surface area contributed by atoms with Gasteiger partial charge in [0.15, 0.2) is 5.82 Å². The minimum atomic E-state index is 0.545. The van der Waals surface area contributed by atoms with Crippen LogP contribution >= 0.6 is 11.6 Å². The van der Waals surface area contributed by atoms with E-state index in [1.165, 1.54) is 0 Å². The standard InChI is InChI=1S/C14H15ClN6/c1-10-14(15)12(20(2)18-10)8-16-13-9-21(19-17-13)11-6-4-3-5-7-11/h3-7,9,16H,8H2,1-2H3. The van der Waals surface area contributed by atoms with Gasteiger partial charge in [-0.15, -0.1) is 5.10 Å². The highest BCUT2D eigenvalue weighted by Crippen LogP contribution is 2.20. The van der Waals surface area contributed by atoms with Crippen LogP contribution in [0.3, 0.4) is 0 Å². The molecule has 6 nitrogen and oxygen atoms in total. The summed E-state index contributed by atoms with van der Waals surface area (Å²) in [5, 5.41) is 16.4. The van der Waals surface area contributed by atoms with Crippen molar-refractivity contribution in [2.75, 3.05) is 5.32 Å². The van der Waals surface area contributed by atoms with Crippen molar-refractivity contribution in [2.24, 2.45) is 7.05 Å². The molecular weight excluding hydrogens is 288 g/mol. The lowest BCUT2D eigenvalue weighted by atomic mass is 10.3. The van der Waals surface area contributed by atoms with Crippen LogP contribution in [0.15, 0.2) is 36.5 Å². The van der Waals surface area contributed by atoms with Gasteiger partial charge in [0.25, 0.3) is 0 Å². The summed E-state index contributed by atoms with van der Waals surface area (Å²) in [4.78, 5) is 0. The summed E-state index contributed by atoms with van der Waals surface area (Å²) in [5.74, 6) is 0.689. The molecule has 0 fully saturated rings. The normalized spacial score (nSPS) is 10.8. The molecule has 0 spiro atoms. The lowest BCUT2D eigenvalue weighted by Gasteiger charge is -2.03. The summed E-state index contributed by atoms with van der Waals surface area (Å²) in [7, 11) is 1.87. The third-order valence-electron chi connectivity index (χ3n) is 3.21. The van der Waals surface area contributed by atoms with E-state index in [0.717, 1.165) is 17.1 Å². The van der Waals surface area contributed by atoms with E-state index < -0.39 is 0 Å². The van der Waals surface area contributed by atoms with E-state index in [4.69, 9.17) is 11.6 Å². The fourth-order valence-electron chi connectivity index (χ4n) is 2.10. The molecule has 1 aromatic carbocycles. The topological polar surface area (TPSA) is 60.6 Å². The van der Waals surface area contributed by atoms with Crippen LogP contribution in [0.4, 0.5) is 5.82 Å². The van der Waals surface area contributed by atoms with Gasteiger partial charge < -0.3 is 5.32 Å². The zero-order valence-corrected chi connectivity index (χ0v) is 12.5. The number of para-hydroxylation sites is 1. The van der Waals surface area contributed by atoms with Gasteiger partial charge in [0.2, 0.25) is 0 Å². The Balaban J connectivity index is 1.73. The molecule has 21 heavy (non-hydrogen) atoms. The molecule has 2 aromatic heterocycles. The number of aromatic nitrogens is 5. The molecule has 0 aliphatic rings. The van der Waals surface area contributed by atoms with Gasteiger partial charge in [0.1, 0.15) is 0 Å². The van der Waals surface area contributed by atoms with Gasteiger partial charge in [-0.2, -0.15) is 5.10 Å². The Labute approximate surface area is 127 Å². The molecule has 0 aliphatic carbocycles. The molecule has 108 valence electrons. The van der Waals surface area contributed by atoms with Gasteiger partial charge in [-0.05, 0) is 19.1 Å². The van der Waals surface area contributed by atoms with Crippen LogP contribution in [0.25, 0.3) is 5.69 Å². The first-order chi connectivity index (χ1) is 10.1. The van der Waals surface area contributed by atoms with E-state index in [1.54, 1.807) is 9.36 Å². The number of anilines is 1. The summed E-state index contributed by atoms with van der Waals surface area (Å²) < 4.78 is 3.49. The molecule has 3 rings (SSSR count). The second-order valence-electron chi connectivity index (χ2n) is 4.71. The fourth-order valence-corrected chi connectivity index (χ4v) is 2.33. The fraction of sp³-hybridized carbons (Fsp3) is 0.214. The van der Waals surface area contributed by atoms with E-state index in [9.17, 15) is 0 Å². The first-order valence-corrected chi connectivity index (χ1v) is 6.92. The van der Waals surface area contributed by atoms with E-state index in [2.05, 4.69) is 20.7 Å². The number of nitrogens with one attached hydrogen (secondary N) is 1. The molecule has 0 bridgehead atoms. The Bertz CT molecular complexity index is 746. The maximum atomic E-state index is 6.22. The highest BCUT2D eigenvalue weighted by atomic mass is 35.5. The van der Waals surface area contributed by atoms with Crippen molar-refractivity contribution < 1.29 is 0 Å². The number of hydrogen-bond acceptors (Lipinski definition) is 4. The predicted molar refractivity (Wildman–Crippen MR) is 81.6 cm³/mol. The second kappa shape index (κ2) is 5.57. The molecule has 0 amide bonds. The average Bonchev–Trinajstić information content (AvgIpc) is 3.05. The van der Waals surface area contributed by atoms with Crippen LogP contribution < -0.4 is 5.32 Å². The van der Waals surface area contributed by atoms with Gasteiger partial charge in [-0.1, -0.05) is 35.0 Å². The van der Waals surface area contributed by atoms with Crippen LogP contribution in [0, 0.1) is 6.92 Å². The minimum Gasteiger partial charge on any atom is -0.362 e. The van der Waals surface area contributed by atoms with E-state index in [1.807, 2.05) is 50.5 Å². The third kappa shape index (κ3) is 2.75. The number of halogens is 1. The molecule has 0 saturated heterocycles. The molecule has 1 N–H and O–H groups in total. The van der Waals surface area contributed by atoms with Crippen molar-refractivity contribution in [2.45, 2.75) is 13.5 Å². The Morgan fingerprint density at radius 1 is 1.24 bits per heavy atom. The van der Waals surface area contributed by atoms with Gasteiger partial charge >= 0.3 is 0 Å². The highest BCUT2D eigenvalue weighted by molar-refractivity contribution is 6.31. The van der Waals surface area contributed by atoms with Gasteiger partial charge in [0, 0.05) is 7.05 Å². The monoisotopic (exact) mass is 302 g/mol. The van der Waals surface area contributed by atoms with Gasteiger partial charge in [-0.3, -0.25) is 4.68 Å². The maximum absolute atomic E-state index is 6.22. The summed E-state index contributed by atoms with van der Waals surface area (Å²) in [6.45, 7) is 2.43. The Kier molecular flexibility index (Phi) is 3.62. The summed E-state index contributed by atoms with van der Waals surface area (Å²) in [6, 6.07) is 9.83. The van der Waals surface area contributed by atoms with Crippen molar-refractivity contribution >= 4 is 17.4 Å². The van der Waals surface area contributed by atoms with Crippen LogP contribution in [-0.4, -0.2) is 24.8 Å². The zero-order chi connectivity index (χ0) is 14.8. The Morgan fingerprint density at radius 3 is 2.67 bits per heavy atom. The smallest absolute Gasteiger partial charge is 0.169 e. The number of hydrogen-bond donors (Lipinski definition) is 1. The molecular formula is C14H15ClN6. The van der Waals surface area contributed by atoms with Gasteiger partial charge in [0.05, 0.1) is 34.8 Å². The molecule has 2 heterocycles. The Morgan fingerprint density at radius 2 is 2.00 bits per heavy atom. The lowest BCUT2D eigenvalue weighted by Crippen LogP contribution is -2.06. The highest BCUT2D eigenvalue weighted by Gasteiger charge is 2.11. The summed E-state index contributed by atoms with van der Waals surface area (Å²) in [5.41, 5.74) is 2.71. The summed E-state index contributed by atoms with van der Waals surface area (Å²) in [6.07, 6.45) is 1.84. The quantitative estimate of drug-likeness (QED) is 0.804. The second-order valence-corrected chi connectivity index (χ2v) is 5.09. The van der Waals surface area contributed by atoms with E-state index >= 15 is 0 Å². The molecule has 0 unspecified atom stereocenters. The predicted octanol–water partition coefficient (Wildman–Crippen LogP) is 2.57. The zero-order valence-electron chi connectivity index (χ0n) is 11.8. The van der Waals surface area contributed by atoms with Crippen LogP contribution in [0.2, 0.25) is 5.02 Å². The lowest BCUT2D eigenvalue weighted by molar-refractivity contribution is 0.712. The van der Waals surface area contributed by atoms with Crippen LogP contribution in [0.5, 0.6) is 0 Å². The van der Waals surface area contributed by atoms with E-state index in [0.29, 0.717) is 17.4 Å². The molecule has 0 aliphatic heterocycles. The van der Waals surface area contributed by atoms with Crippen molar-refractivity contribution in [1.29, 1.82) is 0 Å². The SMILES string of the molecule is Cc1nn(C)c(CNc2cn(-c3ccccc3)nn2)c1Cl. The molecule has 0 saturated carbocycles. The van der Waals surface area contributed by atoms with Crippen molar-refractivity contribution in [3.63, 3.8) is 0 Å². The third-order valence-corrected chi connectivity index (χ3v) is 3.70. The maximum Gasteiger partial charge on any atom is 0.169 e. The van der Waals surface area contributed by atoms with Crippen molar-refractivity contribution in [3.05, 3.63) is 52.9 Å². The van der Waals surface area contributed by atoms with Crippen LogP contribution in [0.1, 0.15) is 11.4 Å². The number of benzene rings is 1. The first kappa shape index (κ1) is 13.6.